The Labute approximate surface area is 171 Å². The van der Waals surface area contributed by atoms with Crippen LogP contribution in [0, 0.1) is 11.2 Å². The maximum Gasteiger partial charge on any atom is 0.425 e. The first-order chi connectivity index (χ1) is 13.8. The lowest BCUT2D eigenvalue weighted by Crippen LogP contribution is -2.66. The molecule has 0 saturated heterocycles. The molecule has 1 aromatic rings. The number of allylic oxidation sites excluding steroid dienone is 1. The molecule has 9 heteroatoms. The van der Waals surface area contributed by atoms with Gasteiger partial charge < -0.3 is 10.2 Å². The molecule has 0 radical (unpaired) electrons. The second-order valence-corrected chi connectivity index (χ2v) is 8.43. The number of nitrogens with one attached hydrogen (secondary N) is 1. The molecule has 0 aromatic heterocycles. The van der Waals surface area contributed by atoms with Crippen LogP contribution in [0.5, 0.6) is 0 Å². The van der Waals surface area contributed by atoms with Crippen LogP contribution < -0.4 is 5.32 Å². The van der Waals surface area contributed by atoms with Gasteiger partial charge in [-0.05, 0) is 42.5 Å². The third-order valence-electron chi connectivity index (χ3n) is 5.40. The van der Waals surface area contributed by atoms with Crippen LogP contribution in [0.3, 0.4) is 0 Å². The maximum absolute atomic E-state index is 14.4. The molecule has 1 atom stereocenters. The van der Waals surface area contributed by atoms with Gasteiger partial charge in [0, 0.05) is 24.2 Å². The molecule has 1 aliphatic carbocycles. The number of hydrogen-bond acceptors (Lipinski definition) is 3. The average Bonchev–Trinajstić information content (AvgIpc) is 2.84. The highest BCUT2D eigenvalue weighted by Gasteiger charge is 2.71. The fourth-order valence-electron chi connectivity index (χ4n) is 4.13. The number of benzene rings is 1. The molecule has 0 fully saturated rings. The lowest BCUT2D eigenvalue weighted by molar-refractivity contribution is -0.190. The number of hydrogen-bond donors (Lipinski definition) is 1. The topological polar surface area (TPSA) is 66.5 Å². The zero-order valence-corrected chi connectivity index (χ0v) is 16.8. The van der Waals surface area contributed by atoms with Crippen LogP contribution in [0.1, 0.15) is 50.4 Å². The van der Waals surface area contributed by atoms with Gasteiger partial charge in [-0.15, -0.1) is 0 Å². The SMILES string of the molecule is CCCN1C(=O)[C@@](NC(=O)c2ccc(F)cc2)(C(F)(F)F)C2=C1CC(C)(C)CC2=O. The minimum absolute atomic E-state index is 0.00866. The van der Waals surface area contributed by atoms with E-state index in [0.29, 0.717) is 6.42 Å². The quantitative estimate of drug-likeness (QED) is 0.746. The van der Waals surface area contributed by atoms with E-state index in [4.69, 9.17) is 0 Å². The summed E-state index contributed by atoms with van der Waals surface area (Å²) in [7, 11) is 0. The van der Waals surface area contributed by atoms with E-state index in [1.807, 2.05) is 0 Å². The molecule has 1 heterocycles. The Morgan fingerprint density at radius 3 is 2.27 bits per heavy atom. The van der Waals surface area contributed by atoms with Gasteiger partial charge >= 0.3 is 6.18 Å². The molecule has 2 amide bonds. The van der Waals surface area contributed by atoms with Gasteiger partial charge in [0.25, 0.3) is 11.8 Å². The summed E-state index contributed by atoms with van der Waals surface area (Å²) in [6, 6.07) is 3.88. The minimum atomic E-state index is -5.25. The molecule has 3 rings (SSSR count). The number of halogens is 4. The number of ketones is 1. The predicted octanol–water partition coefficient (Wildman–Crippen LogP) is 3.75. The van der Waals surface area contributed by atoms with Crippen molar-refractivity contribution in [3.63, 3.8) is 0 Å². The van der Waals surface area contributed by atoms with Gasteiger partial charge in [-0.25, -0.2) is 4.39 Å². The molecular formula is C21H22F4N2O3. The van der Waals surface area contributed by atoms with Crippen LogP contribution in [-0.2, 0) is 9.59 Å². The fraction of sp³-hybridized carbons (Fsp3) is 0.476. The summed E-state index contributed by atoms with van der Waals surface area (Å²) in [4.78, 5) is 39.6. The van der Waals surface area contributed by atoms with Gasteiger partial charge in [-0.3, -0.25) is 14.4 Å². The highest BCUT2D eigenvalue weighted by molar-refractivity contribution is 6.14. The van der Waals surface area contributed by atoms with Crippen molar-refractivity contribution in [2.75, 3.05) is 6.54 Å². The van der Waals surface area contributed by atoms with Gasteiger partial charge in [0.1, 0.15) is 5.82 Å². The monoisotopic (exact) mass is 426 g/mol. The van der Waals surface area contributed by atoms with E-state index < -0.39 is 46.1 Å². The number of Topliss-reactive ketones (excluding diaryl/α,β-unsaturated/α-hetero) is 1. The third kappa shape index (κ3) is 3.40. The first-order valence-corrected chi connectivity index (χ1v) is 9.57. The number of alkyl halides is 3. The van der Waals surface area contributed by atoms with Crippen molar-refractivity contribution >= 4 is 17.6 Å². The smallest absolute Gasteiger partial charge is 0.326 e. The third-order valence-corrected chi connectivity index (χ3v) is 5.40. The Hall–Kier alpha value is -2.71. The van der Waals surface area contributed by atoms with Crippen LogP contribution in [0.2, 0.25) is 0 Å². The summed E-state index contributed by atoms with van der Waals surface area (Å²) < 4.78 is 56.5. The molecule has 162 valence electrons. The first-order valence-electron chi connectivity index (χ1n) is 9.57. The highest BCUT2D eigenvalue weighted by atomic mass is 19.4. The fourth-order valence-corrected chi connectivity index (χ4v) is 4.13. The zero-order valence-electron chi connectivity index (χ0n) is 16.8. The Balaban J connectivity index is 2.18. The molecule has 2 aliphatic rings. The van der Waals surface area contributed by atoms with Crippen molar-refractivity contribution in [2.24, 2.45) is 5.41 Å². The molecule has 0 unspecified atom stereocenters. The zero-order chi connectivity index (χ0) is 22.5. The molecule has 0 bridgehead atoms. The molecule has 30 heavy (non-hydrogen) atoms. The summed E-state index contributed by atoms with van der Waals surface area (Å²) in [5.74, 6) is -4.09. The standard InChI is InChI=1S/C21H22F4N2O3/c1-4-9-27-14-10-19(2,3)11-15(28)16(14)20(18(27)30,21(23,24)25)26-17(29)12-5-7-13(22)8-6-12/h5-8H,4,9-11H2,1-3H3,(H,26,29)/t20-/m1/s1. The van der Waals surface area contributed by atoms with Gasteiger partial charge in [0.2, 0.25) is 5.54 Å². The second-order valence-electron chi connectivity index (χ2n) is 8.43. The maximum atomic E-state index is 14.4. The van der Waals surface area contributed by atoms with E-state index in [1.54, 1.807) is 26.1 Å². The molecule has 5 nitrogen and oxygen atoms in total. The van der Waals surface area contributed by atoms with E-state index >= 15 is 0 Å². The van der Waals surface area contributed by atoms with Crippen LogP contribution in [0.15, 0.2) is 35.5 Å². The van der Waals surface area contributed by atoms with Crippen LogP contribution in [0.25, 0.3) is 0 Å². The summed E-state index contributed by atoms with van der Waals surface area (Å²) in [5.41, 5.74) is -5.03. The van der Waals surface area contributed by atoms with Gasteiger partial charge in [-0.1, -0.05) is 20.8 Å². The number of nitrogens with zero attached hydrogens (tertiary/aromatic N) is 1. The lowest BCUT2D eigenvalue weighted by atomic mass is 9.72. The summed E-state index contributed by atoms with van der Waals surface area (Å²) >= 11 is 0. The number of amides is 2. The molecule has 1 aliphatic heterocycles. The highest BCUT2D eigenvalue weighted by Crippen LogP contribution is 2.51. The molecule has 0 saturated carbocycles. The van der Waals surface area contributed by atoms with Crippen LogP contribution in [0.4, 0.5) is 17.6 Å². The van der Waals surface area contributed by atoms with Crippen molar-refractivity contribution in [2.45, 2.75) is 51.7 Å². The Morgan fingerprint density at radius 1 is 1.13 bits per heavy atom. The molecule has 1 aromatic carbocycles. The second kappa shape index (κ2) is 7.21. The summed E-state index contributed by atoms with van der Waals surface area (Å²) in [6.07, 6.45) is -4.95. The summed E-state index contributed by atoms with van der Waals surface area (Å²) in [5, 5.41) is 1.81. The van der Waals surface area contributed by atoms with E-state index in [0.717, 1.165) is 29.2 Å². The van der Waals surface area contributed by atoms with Crippen LogP contribution in [-0.4, -0.2) is 40.8 Å². The first kappa shape index (κ1) is 22.0. The largest absolute Gasteiger partial charge is 0.425 e. The van der Waals surface area contributed by atoms with E-state index in [-0.39, 0.29) is 30.6 Å². The predicted molar refractivity (Wildman–Crippen MR) is 99.7 cm³/mol. The van der Waals surface area contributed by atoms with Crippen molar-refractivity contribution in [3.8, 4) is 0 Å². The molecular weight excluding hydrogens is 404 g/mol. The van der Waals surface area contributed by atoms with E-state index in [2.05, 4.69) is 0 Å². The lowest BCUT2D eigenvalue weighted by Gasteiger charge is -2.35. The minimum Gasteiger partial charge on any atom is -0.326 e. The van der Waals surface area contributed by atoms with Crippen LogP contribution >= 0.6 is 0 Å². The van der Waals surface area contributed by atoms with E-state index in [9.17, 15) is 31.9 Å². The number of carbonyl (C=O) groups is 3. The van der Waals surface area contributed by atoms with Gasteiger partial charge in [-0.2, -0.15) is 13.2 Å². The Bertz CT molecular complexity index is 935. The Kier molecular flexibility index (Phi) is 5.28. The van der Waals surface area contributed by atoms with Crippen molar-refractivity contribution in [1.29, 1.82) is 0 Å². The molecule has 1 N–H and O–H groups in total. The normalized spacial score (nSPS) is 23.6. The van der Waals surface area contributed by atoms with Gasteiger partial charge in [0.15, 0.2) is 5.78 Å². The molecule has 0 spiro atoms. The van der Waals surface area contributed by atoms with Gasteiger partial charge in [0.05, 0.1) is 5.57 Å². The van der Waals surface area contributed by atoms with Crippen molar-refractivity contribution in [1.82, 2.24) is 10.2 Å². The summed E-state index contributed by atoms with van der Waals surface area (Å²) in [6.45, 7) is 5.18. The Morgan fingerprint density at radius 2 is 1.73 bits per heavy atom. The van der Waals surface area contributed by atoms with E-state index in [1.165, 1.54) is 0 Å². The average molecular weight is 426 g/mol. The van der Waals surface area contributed by atoms with Crippen molar-refractivity contribution in [3.05, 3.63) is 46.9 Å². The number of carbonyl (C=O) groups excluding carboxylic acids is 3. The van der Waals surface area contributed by atoms with Crippen molar-refractivity contribution < 1.29 is 31.9 Å². The number of rotatable bonds is 4.